The van der Waals surface area contributed by atoms with E-state index in [9.17, 15) is 14.7 Å². The van der Waals surface area contributed by atoms with E-state index in [0.29, 0.717) is 34.9 Å². The molecule has 0 spiro atoms. The van der Waals surface area contributed by atoms with Crippen LogP contribution in [0.5, 0.6) is 5.75 Å². The van der Waals surface area contributed by atoms with Crippen molar-refractivity contribution in [2.24, 2.45) is 7.05 Å². The van der Waals surface area contributed by atoms with Crippen molar-refractivity contribution in [3.8, 4) is 5.75 Å². The van der Waals surface area contributed by atoms with Crippen LogP contribution in [0.15, 0.2) is 29.8 Å². The van der Waals surface area contributed by atoms with E-state index in [0.717, 1.165) is 6.42 Å². The second-order valence-electron chi connectivity index (χ2n) is 7.58. The van der Waals surface area contributed by atoms with E-state index >= 15 is 0 Å². The van der Waals surface area contributed by atoms with E-state index < -0.39 is 17.7 Å². The highest BCUT2D eigenvalue weighted by molar-refractivity contribution is 6.46. The minimum Gasteiger partial charge on any atom is -0.507 e. The van der Waals surface area contributed by atoms with Crippen molar-refractivity contribution >= 4 is 17.4 Å². The van der Waals surface area contributed by atoms with Gasteiger partial charge >= 0.3 is 0 Å². The van der Waals surface area contributed by atoms with Gasteiger partial charge in [0.25, 0.3) is 11.7 Å². The summed E-state index contributed by atoms with van der Waals surface area (Å²) in [4.78, 5) is 27.4. The summed E-state index contributed by atoms with van der Waals surface area (Å²) in [6, 6.07) is 6.53. The van der Waals surface area contributed by atoms with Crippen LogP contribution in [0.2, 0.25) is 0 Å². The lowest BCUT2D eigenvalue weighted by Gasteiger charge is -2.25. The number of ketones is 1. The maximum atomic E-state index is 13.1. The van der Waals surface area contributed by atoms with Gasteiger partial charge in [0.05, 0.1) is 36.1 Å². The standard InChI is InChI=1S/C23H29N3O5/c1-6-11-31-17-9-7-8-16(13-17)20-19(22(28)23(29)26(20)10-12-30-5)21(27)18-14(2)24-25(4)15(18)3/h7-9,13,20,27H,6,10-12H2,1-5H3/b21-19+. The van der Waals surface area contributed by atoms with Gasteiger partial charge in [0.1, 0.15) is 11.5 Å². The number of carbonyl (C=O) groups is 2. The molecule has 1 aliphatic heterocycles. The SMILES string of the molecule is CCCOc1cccc(C2/C(=C(\O)c3c(C)nn(C)c3C)C(=O)C(=O)N2CCOC)c1. The molecule has 8 nitrogen and oxygen atoms in total. The number of aromatic nitrogens is 2. The molecule has 31 heavy (non-hydrogen) atoms. The molecule has 1 atom stereocenters. The number of aliphatic hydroxyl groups is 1. The van der Waals surface area contributed by atoms with Gasteiger partial charge in [0.2, 0.25) is 0 Å². The van der Waals surface area contributed by atoms with Crippen molar-refractivity contribution in [3.63, 3.8) is 0 Å². The topological polar surface area (TPSA) is 93.9 Å². The van der Waals surface area contributed by atoms with Gasteiger partial charge in [0.15, 0.2) is 0 Å². The van der Waals surface area contributed by atoms with Gasteiger partial charge in [-0.1, -0.05) is 19.1 Å². The Labute approximate surface area is 182 Å². The van der Waals surface area contributed by atoms with Crippen molar-refractivity contribution in [1.29, 1.82) is 0 Å². The van der Waals surface area contributed by atoms with Crippen molar-refractivity contribution in [2.45, 2.75) is 33.2 Å². The number of hydrogen-bond acceptors (Lipinski definition) is 6. The Morgan fingerprint density at radius 3 is 2.58 bits per heavy atom. The average molecular weight is 428 g/mol. The van der Waals surface area contributed by atoms with E-state index in [1.807, 2.05) is 38.1 Å². The fourth-order valence-electron chi connectivity index (χ4n) is 3.89. The summed E-state index contributed by atoms with van der Waals surface area (Å²) in [7, 11) is 3.30. The van der Waals surface area contributed by atoms with Crippen molar-refractivity contribution in [2.75, 3.05) is 26.9 Å². The van der Waals surface area contributed by atoms with Gasteiger partial charge in [-0.2, -0.15) is 5.10 Å². The van der Waals surface area contributed by atoms with Gasteiger partial charge in [0, 0.05) is 26.4 Å². The Balaban J connectivity index is 2.18. The second-order valence-corrected chi connectivity index (χ2v) is 7.58. The zero-order valence-corrected chi connectivity index (χ0v) is 18.6. The molecule has 1 aliphatic rings. The predicted octanol–water partition coefficient (Wildman–Crippen LogP) is 2.89. The maximum absolute atomic E-state index is 13.1. The molecule has 0 bridgehead atoms. The molecule has 1 unspecified atom stereocenters. The quantitative estimate of drug-likeness (QED) is 0.396. The minimum atomic E-state index is -0.751. The molecule has 1 N–H and O–H groups in total. The molecular formula is C23H29N3O5. The van der Waals surface area contributed by atoms with Crippen LogP contribution in [-0.4, -0.2) is 58.3 Å². The molecule has 0 saturated carbocycles. The van der Waals surface area contributed by atoms with Gasteiger partial charge in [-0.25, -0.2) is 0 Å². The van der Waals surface area contributed by atoms with Crippen LogP contribution in [0.1, 0.15) is 41.9 Å². The van der Waals surface area contributed by atoms with Gasteiger partial charge in [-0.15, -0.1) is 0 Å². The van der Waals surface area contributed by atoms with Crippen molar-refractivity contribution in [1.82, 2.24) is 14.7 Å². The second kappa shape index (κ2) is 9.34. The molecule has 1 amide bonds. The fraction of sp³-hybridized carbons (Fsp3) is 0.435. The number of likely N-dealkylation sites (tertiary alicyclic amines) is 1. The van der Waals surface area contributed by atoms with Gasteiger partial charge in [-0.05, 0) is 38.0 Å². The van der Waals surface area contributed by atoms with Gasteiger partial charge < -0.3 is 19.5 Å². The number of aryl methyl sites for hydroxylation is 2. The van der Waals surface area contributed by atoms with E-state index in [2.05, 4.69) is 5.10 Å². The molecule has 8 heteroatoms. The number of aliphatic hydroxyl groups excluding tert-OH is 1. The molecule has 2 aromatic rings. The monoisotopic (exact) mass is 427 g/mol. The van der Waals surface area contributed by atoms with Crippen LogP contribution < -0.4 is 4.74 Å². The Morgan fingerprint density at radius 1 is 1.23 bits per heavy atom. The molecule has 2 heterocycles. The Kier molecular flexibility index (Phi) is 6.80. The summed E-state index contributed by atoms with van der Waals surface area (Å²) in [5.74, 6) is -0.958. The van der Waals surface area contributed by atoms with Crippen molar-refractivity contribution < 1.29 is 24.2 Å². The van der Waals surface area contributed by atoms with E-state index in [1.165, 1.54) is 12.0 Å². The van der Waals surface area contributed by atoms with Crippen LogP contribution in [-0.2, 0) is 21.4 Å². The smallest absolute Gasteiger partial charge is 0.295 e. The molecule has 1 aromatic heterocycles. The van der Waals surface area contributed by atoms with E-state index in [4.69, 9.17) is 9.47 Å². The largest absolute Gasteiger partial charge is 0.507 e. The molecule has 0 aliphatic carbocycles. The zero-order chi connectivity index (χ0) is 22.7. The Hall–Kier alpha value is -3.13. The maximum Gasteiger partial charge on any atom is 0.295 e. The summed E-state index contributed by atoms with van der Waals surface area (Å²) >= 11 is 0. The first kappa shape index (κ1) is 22.6. The third-order valence-corrected chi connectivity index (χ3v) is 5.47. The Morgan fingerprint density at radius 2 is 1.97 bits per heavy atom. The molecule has 1 saturated heterocycles. The number of benzene rings is 1. The number of rotatable bonds is 8. The number of carbonyl (C=O) groups excluding carboxylic acids is 2. The van der Waals surface area contributed by atoms with Crippen molar-refractivity contribution in [3.05, 3.63) is 52.4 Å². The summed E-state index contributed by atoms with van der Waals surface area (Å²) in [5.41, 5.74) is 2.49. The van der Waals surface area contributed by atoms with Gasteiger partial charge in [-0.3, -0.25) is 14.3 Å². The lowest BCUT2D eigenvalue weighted by molar-refractivity contribution is -0.140. The molecule has 166 valence electrons. The first-order chi connectivity index (χ1) is 14.8. The summed E-state index contributed by atoms with van der Waals surface area (Å²) in [6.45, 7) is 6.62. The third-order valence-electron chi connectivity index (χ3n) is 5.47. The third kappa shape index (κ3) is 4.20. The van der Waals surface area contributed by atoms with Crippen LogP contribution in [0.4, 0.5) is 0 Å². The number of ether oxygens (including phenoxy) is 2. The zero-order valence-electron chi connectivity index (χ0n) is 18.6. The molecular weight excluding hydrogens is 398 g/mol. The van der Waals surface area contributed by atoms with E-state index in [-0.39, 0.29) is 24.5 Å². The highest BCUT2D eigenvalue weighted by Crippen LogP contribution is 2.41. The van der Waals surface area contributed by atoms with Crippen LogP contribution in [0.3, 0.4) is 0 Å². The highest BCUT2D eigenvalue weighted by atomic mass is 16.5. The lowest BCUT2D eigenvalue weighted by Crippen LogP contribution is -2.32. The molecule has 3 rings (SSSR count). The summed E-state index contributed by atoms with van der Waals surface area (Å²) < 4.78 is 12.5. The first-order valence-electron chi connectivity index (χ1n) is 10.3. The van der Waals surface area contributed by atoms with E-state index in [1.54, 1.807) is 18.7 Å². The lowest BCUT2D eigenvalue weighted by atomic mass is 9.94. The van der Waals surface area contributed by atoms with Crippen LogP contribution in [0, 0.1) is 13.8 Å². The first-order valence-corrected chi connectivity index (χ1v) is 10.3. The normalized spacial score (nSPS) is 18.1. The number of amides is 1. The molecule has 1 fully saturated rings. The molecule has 1 aromatic carbocycles. The molecule has 0 radical (unpaired) electrons. The predicted molar refractivity (Wildman–Crippen MR) is 116 cm³/mol. The number of hydrogen-bond donors (Lipinski definition) is 1. The van der Waals surface area contributed by atoms with Crippen LogP contribution in [0.25, 0.3) is 5.76 Å². The average Bonchev–Trinajstić information content (AvgIpc) is 3.16. The Bertz CT molecular complexity index is 1020. The summed E-state index contributed by atoms with van der Waals surface area (Å²) in [5, 5.41) is 15.6. The fourth-order valence-corrected chi connectivity index (χ4v) is 3.89. The number of Topliss-reactive ketones (excluding diaryl/α,β-unsaturated/α-hetero) is 1. The number of nitrogens with zero attached hydrogens (tertiary/aromatic N) is 3. The van der Waals surface area contributed by atoms with Crippen LogP contribution >= 0.6 is 0 Å². The number of methoxy groups -OCH3 is 1. The summed E-state index contributed by atoms with van der Waals surface area (Å²) in [6.07, 6.45) is 0.857. The minimum absolute atomic E-state index is 0.0490. The highest BCUT2D eigenvalue weighted by Gasteiger charge is 2.46.